The normalized spacial score (nSPS) is 28.0. The molecule has 2 N–H and O–H groups in total. The van der Waals surface area contributed by atoms with E-state index in [4.69, 9.17) is 57.3 Å². The van der Waals surface area contributed by atoms with E-state index < -0.39 is 183 Å². The van der Waals surface area contributed by atoms with E-state index in [0.717, 1.165) is 38.5 Å². The zero-order chi connectivity index (χ0) is 96.5. The van der Waals surface area contributed by atoms with Gasteiger partial charge in [-0.15, -0.1) is 0 Å². The molecule has 134 heavy (non-hydrogen) atoms. The number of fused-ring (bicyclic) bond motifs is 8. The molecule has 6 aromatic rings. The van der Waals surface area contributed by atoms with Gasteiger partial charge in [0.25, 0.3) is 11.8 Å². The van der Waals surface area contributed by atoms with Crippen LogP contribution in [0, 0.1) is 58.2 Å². The number of ketones is 2. The number of methoxy groups -OCH3 is 2. The van der Waals surface area contributed by atoms with Gasteiger partial charge in [-0.1, -0.05) is 52.0 Å². The van der Waals surface area contributed by atoms with Crippen molar-refractivity contribution in [3.8, 4) is 68.8 Å². The number of sulfonamides is 2. The monoisotopic (exact) mass is 1900 g/mol. The van der Waals surface area contributed by atoms with E-state index in [-0.39, 0.29) is 75.2 Å². The lowest BCUT2D eigenvalue weighted by Crippen LogP contribution is -2.49. The number of alkyl halides is 4. The van der Waals surface area contributed by atoms with Crippen molar-refractivity contribution in [2.24, 2.45) is 58.2 Å². The summed E-state index contributed by atoms with van der Waals surface area (Å²) in [7, 11) is -4.97. The second kappa shape index (κ2) is 37.5. The maximum absolute atomic E-state index is 15.2. The smallest absolute Gasteiger partial charge is 0.307 e. The van der Waals surface area contributed by atoms with Crippen molar-refractivity contribution in [3.63, 3.8) is 0 Å². The Labute approximate surface area is 779 Å². The molecule has 0 spiro atoms. The Bertz CT molecular complexity index is 5540. The minimum atomic E-state index is -4.04. The third-order valence-electron chi connectivity index (χ3n) is 29.5. The van der Waals surface area contributed by atoms with Gasteiger partial charge in [0.15, 0.2) is 45.8 Å². The van der Waals surface area contributed by atoms with Gasteiger partial charge < -0.3 is 57.2 Å². The number of amides is 4. The Kier molecular flexibility index (Phi) is 27.4. The van der Waals surface area contributed by atoms with Gasteiger partial charge in [0.1, 0.15) is 50.1 Å². The molecule has 34 heteroatoms. The number of halogens is 4. The number of carbonyl (C=O) groups is 8. The molecule has 0 radical (unpaired) electrons. The largest absolute Gasteiger partial charge is 0.497 e. The number of allylic oxidation sites excluding steroid dienone is 4. The number of ether oxygens (including phenoxy) is 10. The molecule has 4 aliphatic carbocycles. The van der Waals surface area contributed by atoms with Crippen molar-refractivity contribution >= 4 is 88.7 Å². The molecule has 0 unspecified atom stereocenters. The first-order valence-electron chi connectivity index (χ1n) is 46.5. The number of benzene rings is 4. The van der Waals surface area contributed by atoms with Crippen LogP contribution in [0.15, 0.2) is 109 Å². The Morgan fingerprint density at radius 3 is 1.22 bits per heavy atom. The summed E-state index contributed by atoms with van der Waals surface area (Å²) in [4.78, 5) is 129. The number of rotatable bonds is 22. The second-order valence-corrected chi connectivity index (χ2v) is 44.9. The van der Waals surface area contributed by atoms with Crippen molar-refractivity contribution < 1.29 is 120 Å². The van der Waals surface area contributed by atoms with Crippen molar-refractivity contribution in [1.82, 2.24) is 29.2 Å². The molecule has 0 bridgehead atoms. The summed E-state index contributed by atoms with van der Waals surface area (Å²) in [5.74, 6) is -12.2. The quantitative estimate of drug-likeness (QED) is 0.0362. The molecule has 28 nitrogen and oxygen atoms in total. The van der Waals surface area contributed by atoms with Gasteiger partial charge in [-0.25, -0.2) is 44.4 Å². The number of hydrogen-bond acceptors (Lipinski definition) is 24. The summed E-state index contributed by atoms with van der Waals surface area (Å²) in [6, 6.07) is 23.2. The van der Waals surface area contributed by atoms with Crippen LogP contribution in [0.2, 0.25) is 0 Å². The van der Waals surface area contributed by atoms with Crippen LogP contribution < -0.4 is 47.3 Å². The molecular formula is C100H122F4N6O22S2. The molecule has 6 aliphatic heterocycles. The minimum absolute atomic E-state index is 0.0240. The molecule has 2 aromatic heterocycles. The van der Waals surface area contributed by atoms with Crippen LogP contribution in [0.3, 0.4) is 0 Å². The van der Waals surface area contributed by atoms with Gasteiger partial charge in [0.2, 0.25) is 55.4 Å². The van der Waals surface area contributed by atoms with Crippen LogP contribution in [-0.4, -0.2) is 194 Å². The topological polar surface area (TPSA) is 353 Å². The summed E-state index contributed by atoms with van der Waals surface area (Å²) in [6.45, 7) is 18.1. The van der Waals surface area contributed by atoms with Gasteiger partial charge in [-0.2, -0.15) is 0 Å². The van der Waals surface area contributed by atoms with E-state index in [1.165, 1.54) is 9.80 Å². The molecule has 14 atom stereocenters. The van der Waals surface area contributed by atoms with E-state index in [1.807, 2.05) is 101 Å². The summed E-state index contributed by atoms with van der Waals surface area (Å²) in [6.07, 6.45) is 9.92. The van der Waals surface area contributed by atoms with Gasteiger partial charge in [0.05, 0.1) is 95.8 Å². The maximum Gasteiger partial charge on any atom is 0.307 e. The first-order chi connectivity index (χ1) is 63.1. The number of Topliss-reactive ketones (excluding diaryl/α,β-unsaturated/α-hetero) is 2. The van der Waals surface area contributed by atoms with Crippen molar-refractivity contribution in [2.45, 2.75) is 255 Å². The molecule has 2 saturated heterocycles. The molecule has 724 valence electrons. The molecule has 8 heterocycles. The summed E-state index contributed by atoms with van der Waals surface area (Å²) >= 11 is 0. The number of carbonyl (C=O) groups excluding carboxylic acids is 8. The maximum atomic E-state index is 15.2. The standard InChI is InChI=1S/2C50H61F2N3O11S/c2*1-29-10-8-9-11-33-26-50(33,46(59)54-67(60,61)48(5)16-17-48)27-40(56)39-24-35(28-55(39)45(58)37(30(2)20-29)25-43(57)66-47(3,4)49(6,51)52)65-44-36-14-13-34(62-7)21-32(36)22-38(53-44)31-12-15-41-42(23-31)64-19-18-63-41/h2*9,11-15,21-23,29-30,33,35,37,39H,8,10,16-20,24-28H2,1-7H3,(H,54,59)/b2*11-9-/t29-,30+,33+,35+,37-,39-,50+;29-,30-,33-,35-,37+,39+,50-/m01/s1. The van der Waals surface area contributed by atoms with Gasteiger partial charge >= 0.3 is 11.9 Å². The van der Waals surface area contributed by atoms with Crippen molar-refractivity contribution in [1.29, 1.82) is 0 Å². The zero-order valence-corrected chi connectivity index (χ0v) is 80.0. The number of aromatic nitrogens is 2. The Morgan fingerprint density at radius 2 is 0.866 bits per heavy atom. The van der Waals surface area contributed by atoms with Crippen LogP contribution >= 0.6 is 0 Å². The fraction of sp³-hybridized carbons (Fsp3) is 0.580. The van der Waals surface area contributed by atoms with Gasteiger partial charge in [-0.3, -0.25) is 47.8 Å². The van der Waals surface area contributed by atoms with E-state index in [0.29, 0.717) is 172 Å². The number of nitrogens with one attached hydrogen (secondary N) is 2. The van der Waals surface area contributed by atoms with Gasteiger partial charge in [-0.05, 0) is 250 Å². The average molecular weight is 1900 g/mol. The Balaban J connectivity index is 0.000000204. The number of hydrogen-bond donors (Lipinski definition) is 2. The number of esters is 2. The average Bonchev–Trinajstić information content (AvgIpc) is 1.56. The van der Waals surface area contributed by atoms with Crippen LogP contribution in [0.5, 0.6) is 46.3 Å². The molecule has 10 aliphatic rings. The number of nitrogens with zero attached hydrogens (tertiary/aromatic N) is 4. The Hall–Kier alpha value is -10.6. The molecule has 4 aromatic carbocycles. The lowest BCUT2D eigenvalue weighted by molar-refractivity contribution is -0.197. The van der Waals surface area contributed by atoms with Crippen LogP contribution in [0.1, 0.15) is 199 Å². The van der Waals surface area contributed by atoms with E-state index in [9.17, 15) is 63.2 Å². The van der Waals surface area contributed by atoms with Gasteiger partial charge in [0, 0.05) is 61.4 Å². The molecule has 6 fully saturated rings. The first kappa shape index (κ1) is 97.9. The summed E-state index contributed by atoms with van der Waals surface area (Å²) in [5.41, 5.74) is -4.62. The van der Waals surface area contributed by atoms with E-state index in [1.54, 1.807) is 64.5 Å². The van der Waals surface area contributed by atoms with E-state index >= 15 is 9.59 Å². The lowest BCUT2D eigenvalue weighted by Gasteiger charge is -2.34. The summed E-state index contributed by atoms with van der Waals surface area (Å²) in [5, 5.41) is 2.70. The molecule has 16 rings (SSSR count). The lowest BCUT2D eigenvalue weighted by atomic mass is 9.82. The zero-order valence-electron chi connectivity index (χ0n) is 78.4. The predicted octanol–water partition coefficient (Wildman–Crippen LogP) is 16.0. The highest BCUT2D eigenvalue weighted by molar-refractivity contribution is 7.92. The molecular weight excluding hydrogens is 1780 g/mol. The minimum Gasteiger partial charge on any atom is -0.497 e. The molecule has 4 saturated carbocycles. The Morgan fingerprint density at radius 1 is 0.500 bits per heavy atom. The van der Waals surface area contributed by atoms with Crippen LogP contribution in [0.4, 0.5) is 17.6 Å². The van der Waals surface area contributed by atoms with Crippen LogP contribution in [0.25, 0.3) is 44.1 Å². The third-order valence-corrected chi connectivity index (χ3v) is 33.8. The first-order valence-corrected chi connectivity index (χ1v) is 49.5. The van der Waals surface area contributed by atoms with Crippen LogP contribution in [-0.2, 0) is 67.9 Å². The third kappa shape index (κ3) is 20.7. The summed E-state index contributed by atoms with van der Waals surface area (Å²) < 4.78 is 173. The second-order valence-electron chi connectivity index (χ2n) is 40.5. The van der Waals surface area contributed by atoms with E-state index in [2.05, 4.69) is 9.44 Å². The van der Waals surface area contributed by atoms with Crippen molar-refractivity contribution in [2.75, 3.05) is 53.7 Å². The highest BCUT2D eigenvalue weighted by Crippen LogP contribution is 2.60. The SMILES string of the molecule is COc1ccc2c(O[C@@H]3C[C@H]4C(=O)C[C@]5(C(=O)NS(=O)(=O)C6(C)CC6)C[C@H]5/C=C\CC[C@@H](C)C[C@@H](C)[C@H](CC(=O)OC(C)(C)C(C)(F)F)C(=O)N4C3)nc(-c3ccc4c(c3)OCCO4)cc2c1.COc1ccc2c(O[C@@H]3C[C@H]4C(=O)C[C@]5(C(=O)NS(=O)(=O)C6(C)CC6)C[C@H]5/C=C\CC[C@H](C)C[C@@H](C)[C@H](CC(=O)OC(C)(C)C(C)(F)F)C(=O)N4C3)nc(-c3ccc4c(c3)OCCO4)cc2c1. The fourth-order valence-electron chi connectivity index (χ4n) is 19.2. The molecule has 4 amide bonds. The highest BCUT2D eigenvalue weighted by atomic mass is 32.2. The number of pyridine rings is 2. The fourth-order valence-corrected chi connectivity index (χ4v) is 21.9. The van der Waals surface area contributed by atoms with Crippen molar-refractivity contribution in [3.05, 3.63) is 109 Å². The highest BCUT2D eigenvalue weighted by Gasteiger charge is 2.65. The predicted molar refractivity (Wildman–Crippen MR) is 489 cm³/mol.